The predicted molar refractivity (Wildman–Crippen MR) is 81.0 cm³/mol. The van der Waals surface area contributed by atoms with Gasteiger partial charge >= 0.3 is 0 Å². The predicted octanol–water partition coefficient (Wildman–Crippen LogP) is -2.33. The van der Waals surface area contributed by atoms with Crippen LogP contribution in [0, 0.1) is 13.8 Å². The molecule has 0 bridgehead atoms. The molecule has 4 N–H and O–H groups in total. The van der Waals surface area contributed by atoms with Crippen LogP contribution in [-0.2, 0) is 13.0 Å². The van der Waals surface area contributed by atoms with Gasteiger partial charge in [-0.3, -0.25) is 0 Å². The standard InChI is InChI=1S/C14H21N4O2S.ClH/c1-8-12(4-5-19)21-14(9(2)20)18(8)7-11-6-16-10(3)17-13(11)15;/h6,9,19-20H,4-5,7H2,1-3H3,(H2,15,16,17);1H/q+1;/p-1. The summed E-state index contributed by atoms with van der Waals surface area (Å²) in [5.74, 6) is 1.10. The van der Waals surface area contributed by atoms with Crippen LogP contribution in [0.2, 0.25) is 0 Å². The Morgan fingerprint density at radius 1 is 1.41 bits per heavy atom. The summed E-state index contributed by atoms with van der Waals surface area (Å²) in [5.41, 5.74) is 7.80. The van der Waals surface area contributed by atoms with Crippen LogP contribution in [-0.4, -0.2) is 26.8 Å². The van der Waals surface area contributed by atoms with E-state index in [9.17, 15) is 5.11 Å². The summed E-state index contributed by atoms with van der Waals surface area (Å²) in [4.78, 5) is 9.42. The van der Waals surface area contributed by atoms with Crippen molar-refractivity contribution in [2.24, 2.45) is 0 Å². The minimum absolute atomic E-state index is 0. The zero-order valence-electron chi connectivity index (χ0n) is 12.9. The van der Waals surface area contributed by atoms with Gasteiger partial charge in [0.2, 0.25) is 0 Å². The molecule has 0 fully saturated rings. The Kier molecular flexibility index (Phi) is 6.67. The average molecular weight is 345 g/mol. The largest absolute Gasteiger partial charge is 1.00 e. The fraction of sp³-hybridized carbons (Fsp3) is 0.500. The maximum Gasteiger partial charge on any atom is 0.266 e. The van der Waals surface area contributed by atoms with Crippen molar-refractivity contribution in [1.29, 1.82) is 0 Å². The number of thiazole rings is 1. The van der Waals surface area contributed by atoms with E-state index in [2.05, 4.69) is 9.97 Å². The second-order valence-electron chi connectivity index (χ2n) is 5.01. The van der Waals surface area contributed by atoms with Crippen molar-refractivity contribution < 1.29 is 27.2 Å². The van der Waals surface area contributed by atoms with E-state index in [0.29, 0.717) is 24.6 Å². The Balaban J connectivity index is 0.00000242. The van der Waals surface area contributed by atoms with Crippen LogP contribution < -0.4 is 22.7 Å². The maximum atomic E-state index is 9.97. The van der Waals surface area contributed by atoms with Gasteiger partial charge < -0.3 is 28.4 Å². The summed E-state index contributed by atoms with van der Waals surface area (Å²) in [6, 6.07) is 0. The molecule has 0 amide bonds. The summed E-state index contributed by atoms with van der Waals surface area (Å²) >= 11 is 1.52. The Morgan fingerprint density at radius 3 is 2.64 bits per heavy atom. The molecule has 6 nitrogen and oxygen atoms in total. The molecule has 1 atom stereocenters. The van der Waals surface area contributed by atoms with Crippen molar-refractivity contribution in [2.45, 2.75) is 39.8 Å². The molecule has 0 aromatic carbocycles. The number of aliphatic hydroxyl groups excluding tert-OH is 2. The molecule has 22 heavy (non-hydrogen) atoms. The molecule has 8 heteroatoms. The molecule has 2 heterocycles. The molecule has 0 radical (unpaired) electrons. The zero-order chi connectivity index (χ0) is 15.6. The number of nitrogens with zero attached hydrogens (tertiary/aromatic N) is 3. The van der Waals surface area contributed by atoms with Crippen LogP contribution in [0.4, 0.5) is 5.82 Å². The van der Waals surface area contributed by atoms with Gasteiger partial charge in [-0.05, 0) is 13.8 Å². The van der Waals surface area contributed by atoms with E-state index in [1.165, 1.54) is 11.3 Å². The minimum atomic E-state index is -0.575. The number of nitrogens with two attached hydrogens (primary N) is 1. The van der Waals surface area contributed by atoms with Gasteiger partial charge in [0, 0.05) is 26.1 Å². The first-order chi connectivity index (χ1) is 9.93. The number of aryl methyl sites for hydroxylation is 1. The molecule has 0 aliphatic rings. The van der Waals surface area contributed by atoms with Gasteiger partial charge in [0.25, 0.3) is 5.01 Å². The Hall–Kier alpha value is -1.28. The topological polar surface area (TPSA) is 96.1 Å². The molecule has 122 valence electrons. The van der Waals surface area contributed by atoms with Crippen molar-refractivity contribution in [2.75, 3.05) is 12.3 Å². The molecular weight excluding hydrogens is 324 g/mol. The molecule has 2 aromatic heterocycles. The fourth-order valence-corrected chi connectivity index (χ4v) is 3.40. The Morgan fingerprint density at radius 2 is 2.09 bits per heavy atom. The van der Waals surface area contributed by atoms with E-state index in [-0.39, 0.29) is 19.0 Å². The van der Waals surface area contributed by atoms with E-state index < -0.39 is 6.10 Å². The quantitative estimate of drug-likeness (QED) is 0.529. The smallest absolute Gasteiger partial charge is 0.266 e. The van der Waals surface area contributed by atoms with Gasteiger partial charge in [0.1, 0.15) is 17.7 Å². The van der Waals surface area contributed by atoms with E-state index in [4.69, 9.17) is 10.8 Å². The van der Waals surface area contributed by atoms with Gasteiger partial charge in [-0.2, -0.15) is 4.57 Å². The van der Waals surface area contributed by atoms with E-state index in [0.717, 1.165) is 21.1 Å². The molecule has 0 aliphatic carbocycles. The molecule has 0 saturated carbocycles. The number of anilines is 1. The van der Waals surface area contributed by atoms with Crippen LogP contribution in [0.25, 0.3) is 0 Å². The van der Waals surface area contributed by atoms with Gasteiger partial charge in [0.05, 0.1) is 10.4 Å². The summed E-state index contributed by atoms with van der Waals surface area (Å²) in [5, 5.41) is 20.0. The fourth-order valence-electron chi connectivity index (χ4n) is 2.22. The van der Waals surface area contributed by atoms with Gasteiger partial charge in [-0.25, -0.2) is 9.97 Å². The van der Waals surface area contributed by atoms with Crippen LogP contribution >= 0.6 is 11.3 Å². The van der Waals surface area contributed by atoms with Gasteiger partial charge in [0.15, 0.2) is 12.2 Å². The highest BCUT2D eigenvalue weighted by Gasteiger charge is 2.27. The van der Waals surface area contributed by atoms with Crippen molar-refractivity contribution in [3.8, 4) is 0 Å². The number of hydrogen-bond acceptors (Lipinski definition) is 6. The SMILES string of the molecule is Cc1ncc(C[n+]2c(C(C)O)sc(CCO)c2C)c(N)n1.[Cl-]. The highest BCUT2D eigenvalue weighted by atomic mass is 35.5. The molecule has 1 unspecified atom stereocenters. The monoisotopic (exact) mass is 344 g/mol. The second kappa shape index (κ2) is 7.82. The summed E-state index contributed by atoms with van der Waals surface area (Å²) < 4.78 is 2.02. The van der Waals surface area contributed by atoms with E-state index in [1.807, 2.05) is 11.5 Å². The van der Waals surface area contributed by atoms with Crippen molar-refractivity contribution in [1.82, 2.24) is 9.97 Å². The lowest BCUT2D eigenvalue weighted by Crippen LogP contribution is -3.00. The third kappa shape index (κ3) is 3.92. The van der Waals surface area contributed by atoms with Crippen LogP contribution in [0.15, 0.2) is 6.20 Å². The highest BCUT2D eigenvalue weighted by Crippen LogP contribution is 2.23. The number of halogens is 1. The molecule has 0 saturated heterocycles. The normalized spacial score (nSPS) is 12.0. The number of hydrogen-bond donors (Lipinski definition) is 3. The number of aliphatic hydroxyl groups is 2. The van der Waals surface area contributed by atoms with Crippen LogP contribution in [0.3, 0.4) is 0 Å². The summed E-state index contributed by atoms with van der Waals surface area (Å²) in [6.07, 6.45) is 1.73. The minimum Gasteiger partial charge on any atom is -1.00 e. The molecule has 2 aromatic rings. The Bertz CT molecular complexity index is 646. The first kappa shape index (κ1) is 18.8. The second-order valence-corrected chi connectivity index (χ2v) is 6.13. The lowest BCUT2D eigenvalue weighted by Gasteiger charge is -2.05. The number of aromatic nitrogens is 3. The summed E-state index contributed by atoms with van der Waals surface area (Å²) in [6.45, 7) is 6.12. The molecule has 2 rings (SSSR count). The number of nitrogen functional groups attached to an aromatic ring is 1. The lowest BCUT2D eigenvalue weighted by atomic mass is 10.2. The Labute approximate surface area is 140 Å². The third-order valence-corrected chi connectivity index (χ3v) is 4.86. The lowest BCUT2D eigenvalue weighted by molar-refractivity contribution is -0.699. The number of rotatable bonds is 5. The maximum absolute atomic E-state index is 9.97. The first-order valence-electron chi connectivity index (χ1n) is 6.83. The molecule has 0 spiro atoms. The molecule has 0 aliphatic heterocycles. The van der Waals surface area contributed by atoms with E-state index >= 15 is 0 Å². The van der Waals surface area contributed by atoms with Crippen LogP contribution in [0.1, 0.15) is 40.0 Å². The van der Waals surface area contributed by atoms with Crippen molar-refractivity contribution in [3.05, 3.63) is 33.2 Å². The van der Waals surface area contributed by atoms with E-state index in [1.54, 1.807) is 20.0 Å². The van der Waals surface area contributed by atoms with Crippen LogP contribution in [0.5, 0.6) is 0 Å². The van der Waals surface area contributed by atoms with Crippen molar-refractivity contribution in [3.63, 3.8) is 0 Å². The molecular formula is C14H21ClN4O2S. The highest BCUT2D eigenvalue weighted by molar-refractivity contribution is 7.11. The zero-order valence-corrected chi connectivity index (χ0v) is 14.4. The van der Waals surface area contributed by atoms with Crippen molar-refractivity contribution >= 4 is 17.2 Å². The summed E-state index contributed by atoms with van der Waals surface area (Å²) in [7, 11) is 0. The average Bonchev–Trinajstić information content (AvgIpc) is 2.71. The third-order valence-electron chi connectivity index (χ3n) is 3.35. The van der Waals surface area contributed by atoms with Gasteiger partial charge in [-0.15, -0.1) is 0 Å². The first-order valence-corrected chi connectivity index (χ1v) is 7.64. The van der Waals surface area contributed by atoms with Gasteiger partial charge in [-0.1, -0.05) is 11.3 Å².